The van der Waals surface area contributed by atoms with Gasteiger partial charge in [0.25, 0.3) is 5.91 Å². The van der Waals surface area contributed by atoms with Gasteiger partial charge in [0.2, 0.25) is 0 Å². The lowest BCUT2D eigenvalue weighted by molar-refractivity contribution is 0.0818. The quantitative estimate of drug-likeness (QED) is 0.563. The fourth-order valence-corrected chi connectivity index (χ4v) is 2.60. The summed E-state index contributed by atoms with van der Waals surface area (Å²) in [4.78, 5) is 12.3. The molecule has 0 saturated heterocycles. The third-order valence-electron chi connectivity index (χ3n) is 3.92. The first-order valence-corrected chi connectivity index (χ1v) is 6.93. The van der Waals surface area contributed by atoms with Gasteiger partial charge in [-0.05, 0) is 37.5 Å². The number of nitrogens with one attached hydrogen (secondary N) is 1. The molecule has 2 rings (SSSR count). The van der Waals surface area contributed by atoms with E-state index in [4.69, 9.17) is 5.73 Å². The molecule has 0 aliphatic heterocycles. The van der Waals surface area contributed by atoms with Crippen molar-refractivity contribution in [2.24, 2.45) is 0 Å². The maximum absolute atomic E-state index is 12.3. The third-order valence-corrected chi connectivity index (χ3v) is 3.92. The van der Waals surface area contributed by atoms with Gasteiger partial charge in [-0.3, -0.25) is 4.79 Å². The molecule has 1 aromatic rings. The zero-order valence-electron chi connectivity index (χ0n) is 11.4. The molecular weight excluding hydrogens is 240 g/mol. The maximum atomic E-state index is 12.3. The third kappa shape index (κ3) is 3.26. The van der Waals surface area contributed by atoms with E-state index in [9.17, 15) is 9.90 Å². The zero-order valence-corrected chi connectivity index (χ0v) is 11.4. The van der Waals surface area contributed by atoms with E-state index in [1.54, 1.807) is 18.2 Å². The summed E-state index contributed by atoms with van der Waals surface area (Å²) in [6.45, 7) is 1.84. The summed E-state index contributed by atoms with van der Waals surface area (Å²) < 4.78 is 0. The van der Waals surface area contributed by atoms with Crippen molar-refractivity contribution >= 4 is 11.6 Å². The van der Waals surface area contributed by atoms with Gasteiger partial charge in [-0.15, -0.1) is 0 Å². The molecule has 19 heavy (non-hydrogen) atoms. The van der Waals surface area contributed by atoms with Gasteiger partial charge < -0.3 is 16.2 Å². The molecule has 1 aliphatic rings. The van der Waals surface area contributed by atoms with Crippen molar-refractivity contribution in [3.05, 3.63) is 29.3 Å². The average molecular weight is 262 g/mol. The highest BCUT2D eigenvalue weighted by atomic mass is 16.3. The molecular formula is C15H22N2O2. The number of aliphatic hydroxyl groups excluding tert-OH is 1. The van der Waals surface area contributed by atoms with Gasteiger partial charge in [0, 0.05) is 11.3 Å². The second-order valence-electron chi connectivity index (χ2n) is 5.31. The summed E-state index contributed by atoms with van der Waals surface area (Å²) >= 11 is 0. The number of carbonyl (C=O) groups excluding carboxylic acids is 1. The van der Waals surface area contributed by atoms with Gasteiger partial charge in [0.1, 0.15) is 0 Å². The SMILES string of the molecule is Cc1c(N)cccc1C(=O)NC1CCCCCC1O. The van der Waals surface area contributed by atoms with Crippen molar-refractivity contribution in [3.63, 3.8) is 0 Å². The Morgan fingerprint density at radius 3 is 2.84 bits per heavy atom. The first-order chi connectivity index (χ1) is 9.09. The highest BCUT2D eigenvalue weighted by Crippen LogP contribution is 2.20. The van der Waals surface area contributed by atoms with Crippen molar-refractivity contribution in [1.82, 2.24) is 5.32 Å². The van der Waals surface area contributed by atoms with Crippen LogP contribution in [0, 0.1) is 6.92 Å². The molecule has 0 heterocycles. The van der Waals surface area contributed by atoms with Gasteiger partial charge in [-0.1, -0.05) is 25.3 Å². The topological polar surface area (TPSA) is 75.4 Å². The van der Waals surface area contributed by atoms with E-state index in [0.717, 1.165) is 37.7 Å². The summed E-state index contributed by atoms with van der Waals surface area (Å²) in [6, 6.07) is 5.19. The number of benzene rings is 1. The molecule has 1 fully saturated rings. The molecule has 1 aromatic carbocycles. The van der Waals surface area contributed by atoms with Crippen LogP contribution < -0.4 is 11.1 Å². The van der Waals surface area contributed by atoms with Crippen LogP contribution in [0.3, 0.4) is 0 Å². The van der Waals surface area contributed by atoms with Gasteiger partial charge in [0.05, 0.1) is 12.1 Å². The Morgan fingerprint density at radius 1 is 1.32 bits per heavy atom. The van der Waals surface area contributed by atoms with E-state index in [1.807, 2.05) is 6.92 Å². The Balaban J connectivity index is 2.09. The van der Waals surface area contributed by atoms with E-state index >= 15 is 0 Å². The highest BCUT2D eigenvalue weighted by Gasteiger charge is 2.24. The van der Waals surface area contributed by atoms with Crippen LogP contribution in [0.25, 0.3) is 0 Å². The van der Waals surface area contributed by atoms with E-state index in [-0.39, 0.29) is 11.9 Å². The van der Waals surface area contributed by atoms with Crippen LogP contribution in [0.4, 0.5) is 5.69 Å². The largest absolute Gasteiger partial charge is 0.398 e. The van der Waals surface area contributed by atoms with E-state index in [2.05, 4.69) is 5.32 Å². The average Bonchev–Trinajstić information content (AvgIpc) is 2.58. The number of hydrogen-bond acceptors (Lipinski definition) is 3. The lowest BCUT2D eigenvalue weighted by Crippen LogP contribution is -2.42. The number of carbonyl (C=O) groups is 1. The Labute approximate surface area is 114 Å². The second kappa shape index (κ2) is 6.06. The molecule has 0 spiro atoms. The van der Waals surface area contributed by atoms with E-state index < -0.39 is 6.10 Å². The number of nitrogens with two attached hydrogens (primary N) is 1. The van der Waals surface area contributed by atoms with Crippen molar-refractivity contribution < 1.29 is 9.90 Å². The van der Waals surface area contributed by atoms with Gasteiger partial charge in [-0.25, -0.2) is 0 Å². The summed E-state index contributed by atoms with van der Waals surface area (Å²) in [6.07, 6.45) is 4.38. The molecule has 1 aliphatic carbocycles. The van der Waals surface area contributed by atoms with Crippen LogP contribution in [0.1, 0.15) is 48.0 Å². The van der Waals surface area contributed by atoms with Crippen LogP contribution in [0.5, 0.6) is 0 Å². The lowest BCUT2D eigenvalue weighted by Gasteiger charge is -2.22. The van der Waals surface area contributed by atoms with Crippen molar-refractivity contribution in [2.45, 2.75) is 51.2 Å². The number of nitrogen functional groups attached to an aromatic ring is 1. The first-order valence-electron chi connectivity index (χ1n) is 6.93. The molecule has 4 N–H and O–H groups in total. The van der Waals surface area contributed by atoms with E-state index in [1.165, 1.54) is 0 Å². The lowest BCUT2D eigenvalue weighted by atomic mass is 10.0. The number of aliphatic hydroxyl groups is 1. The fourth-order valence-electron chi connectivity index (χ4n) is 2.60. The van der Waals surface area contributed by atoms with Crippen LogP contribution in [0.15, 0.2) is 18.2 Å². The minimum atomic E-state index is -0.437. The van der Waals surface area contributed by atoms with Gasteiger partial charge in [0.15, 0.2) is 0 Å². The van der Waals surface area contributed by atoms with Crippen LogP contribution in [-0.4, -0.2) is 23.2 Å². The molecule has 2 unspecified atom stereocenters. The minimum Gasteiger partial charge on any atom is -0.398 e. The maximum Gasteiger partial charge on any atom is 0.251 e. The standard InChI is InChI=1S/C15H22N2O2/c1-10-11(6-5-7-12(10)16)15(19)17-13-8-3-2-4-9-14(13)18/h5-7,13-14,18H,2-4,8-9,16H2,1H3,(H,17,19). The van der Waals surface area contributed by atoms with Crippen LogP contribution in [0.2, 0.25) is 0 Å². The molecule has 4 nitrogen and oxygen atoms in total. The molecule has 1 amide bonds. The Kier molecular flexibility index (Phi) is 4.43. The van der Waals surface area contributed by atoms with Crippen LogP contribution >= 0.6 is 0 Å². The van der Waals surface area contributed by atoms with Gasteiger partial charge >= 0.3 is 0 Å². The Hall–Kier alpha value is -1.55. The second-order valence-corrected chi connectivity index (χ2v) is 5.31. The van der Waals surface area contributed by atoms with Crippen LogP contribution in [-0.2, 0) is 0 Å². The van der Waals surface area contributed by atoms with Crippen molar-refractivity contribution in [3.8, 4) is 0 Å². The molecule has 104 valence electrons. The highest BCUT2D eigenvalue weighted by molar-refractivity contribution is 5.97. The first kappa shape index (κ1) is 13.9. The van der Waals surface area contributed by atoms with Crippen molar-refractivity contribution in [2.75, 3.05) is 5.73 Å². The number of rotatable bonds is 2. The Bertz CT molecular complexity index is 459. The number of anilines is 1. The number of amides is 1. The molecule has 1 saturated carbocycles. The van der Waals surface area contributed by atoms with E-state index in [0.29, 0.717) is 11.3 Å². The predicted molar refractivity (Wildman–Crippen MR) is 75.9 cm³/mol. The zero-order chi connectivity index (χ0) is 13.8. The molecule has 4 heteroatoms. The monoisotopic (exact) mass is 262 g/mol. The summed E-state index contributed by atoms with van der Waals surface area (Å²) in [5.41, 5.74) is 7.82. The fraction of sp³-hybridized carbons (Fsp3) is 0.533. The predicted octanol–water partition coefficient (Wildman–Crippen LogP) is 2.00. The summed E-state index contributed by atoms with van der Waals surface area (Å²) in [7, 11) is 0. The Morgan fingerprint density at radius 2 is 2.05 bits per heavy atom. The molecule has 0 aromatic heterocycles. The molecule has 0 bridgehead atoms. The molecule has 0 radical (unpaired) electrons. The summed E-state index contributed by atoms with van der Waals surface area (Å²) in [5, 5.41) is 13.0. The van der Waals surface area contributed by atoms with Gasteiger partial charge in [-0.2, -0.15) is 0 Å². The normalized spacial score (nSPS) is 23.7. The summed E-state index contributed by atoms with van der Waals surface area (Å²) in [5.74, 6) is -0.143. The number of hydrogen-bond donors (Lipinski definition) is 3. The molecule has 2 atom stereocenters. The van der Waals surface area contributed by atoms with Crippen molar-refractivity contribution in [1.29, 1.82) is 0 Å². The minimum absolute atomic E-state index is 0.143. The smallest absolute Gasteiger partial charge is 0.251 e.